The van der Waals surface area contributed by atoms with Crippen LogP contribution in [0.1, 0.15) is 18.1 Å². The summed E-state index contributed by atoms with van der Waals surface area (Å²) < 4.78 is 0. The monoisotopic (exact) mass is 244 g/mol. The molecule has 0 radical (unpaired) electrons. The Morgan fingerprint density at radius 1 is 1.33 bits per heavy atom. The van der Waals surface area contributed by atoms with E-state index >= 15 is 0 Å². The lowest BCUT2D eigenvalue weighted by molar-refractivity contribution is 0.0217. The first kappa shape index (κ1) is 12.2. The first-order valence-corrected chi connectivity index (χ1v) is 5.36. The molecule has 2 rings (SSSR count). The highest BCUT2D eigenvalue weighted by atomic mass is 16.3. The van der Waals surface area contributed by atoms with Gasteiger partial charge in [-0.05, 0) is 17.7 Å². The van der Waals surface area contributed by atoms with E-state index in [1.165, 1.54) is 6.33 Å². The van der Waals surface area contributed by atoms with Crippen LogP contribution in [-0.2, 0) is 0 Å². The number of aliphatic hydroxyl groups is 2. The maximum atomic E-state index is 9.89. The van der Waals surface area contributed by atoms with Gasteiger partial charge >= 0.3 is 0 Å². The molecule has 0 aliphatic heterocycles. The van der Waals surface area contributed by atoms with Crippen molar-refractivity contribution in [2.75, 3.05) is 5.73 Å². The number of hydrogen-bond donors (Lipinski definition) is 3. The van der Waals surface area contributed by atoms with Crippen molar-refractivity contribution in [1.29, 1.82) is 5.26 Å². The fraction of sp³-hybridized carbons (Fsp3) is 0.250. The van der Waals surface area contributed by atoms with Gasteiger partial charge in [-0.1, -0.05) is 6.07 Å². The predicted octanol–water partition coefficient (Wildman–Crippen LogP) is 0.520. The predicted molar refractivity (Wildman–Crippen MR) is 65.1 cm³/mol. The third kappa shape index (κ3) is 2.22. The Bertz CT molecular complexity index is 609. The summed E-state index contributed by atoms with van der Waals surface area (Å²) in [7, 11) is 0. The number of hydrogen-bond acceptors (Lipinski definition) is 6. The molecule has 0 bridgehead atoms. The SMILES string of the molecule is N#CCC(O)C(O)c1ccc2ncnc(N)c2c1. The lowest BCUT2D eigenvalue weighted by Gasteiger charge is -2.16. The largest absolute Gasteiger partial charge is 0.389 e. The summed E-state index contributed by atoms with van der Waals surface area (Å²) in [5, 5.41) is 28.6. The summed E-state index contributed by atoms with van der Waals surface area (Å²) in [6, 6.07) is 6.75. The summed E-state index contributed by atoms with van der Waals surface area (Å²) in [5.41, 5.74) is 6.85. The minimum atomic E-state index is -1.13. The van der Waals surface area contributed by atoms with E-state index in [4.69, 9.17) is 11.0 Å². The van der Waals surface area contributed by atoms with E-state index in [1.54, 1.807) is 18.2 Å². The lowest BCUT2D eigenvalue weighted by Crippen LogP contribution is -2.17. The van der Waals surface area contributed by atoms with Gasteiger partial charge in [0.15, 0.2) is 0 Å². The van der Waals surface area contributed by atoms with Crippen molar-refractivity contribution in [3.05, 3.63) is 30.1 Å². The van der Waals surface area contributed by atoms with Crippen molar-refractivity contribution in [3.63, 3.8) is 0 Å². The summed E-state index contributed by atoms with van der Waals surface area (Å²) >= 11 is 0. The van der Waals surface area contributed by atoms with Crippen LogP contribution in [0.3, 0.4) is 0 Å². The molecule has 1 aromatic heterocycles. The van der Waals surface area contributed by atoms with Crippen molar-refractivity contribution >= 4 is 16.7 Å². The molecule has 0 fully saturated rings. The van der Waals surface area contributed by atoms with Gasteiger partial charge in [-0.15, -0.1) is 0 Å². The van der Waals surface area contributed by atoms with Crippen molar-refractivity contribution in [2.24, 2.45) is 0 Å². The number of benzene rings is 1. The minimum absolute atomic E-state index is 0.139. The fourth-order valence-electron chi connectivity index (χ4n) is 1.71. The molecule has 92 valence electrons. The molecular weight excluding hydrogens is 232 g/mol. The smallest absolute Gasteiger partial charge is 0.134 e. The van der Waals surface area contributed by atoms with Gasteiger partial charge in [0.25, 0.3) is 0 Å². The quantitative estimate of drug-likeness (QED) is 0.724. The molecule has 1 heterocycles. The average molecular weight is 244 g/mol. The number of nitrogens with zero attached hydrogens (tertiary/aromatic N) is 3. The molecule has 0 saturated carbocycles. The van der Waals surface area contributed by atoms with Crippen molar-refractivity contribution in [3.8, 4) is 6.07 Å². The number of nitrogens with two attached hydrogens (primary N) is 1. The number of anilines is 1. The molecular formula is C12H12N4O2. The summed E-state index contributed by atoms with van der Waals surface area (Å²) in [5.74, 6) is 0.309. The van der Waals surface area contributed by atoms with Gasteiger partial charge in [0.2, 0.25) is 0 Å². The average Bonchev–Trinajstić information content (AvgIpc) is 2.38. The van der Waals surface area contributed by atoms with Crippen LogP contribution in [0, 0.1) is 11.3 Å². The van der Waals surface area contributed by atoms with Gasteiger partial charge in [-0.3, -0.25) is 0 Å². The summed E-state index contributed by atoms with van der Waals surface area (Å²) in [4.78, 5) is 7.90. The second-order valence-electron chi connectivity index (χ2n) is 3.91. The second-order valence-corrected chi connectivity index (χ2v) is 3.91. The highest BCUT2D eigenvalue weighted by Gasteiger charge is 2.18. The number of nitriles is 1. The maximum Gasteiger partial charge on any atom is 0.134 e. The molecule has 18 heavy (non-hydrogen) atoms. The van der Waals surface area contributed by atoms with Crippen LogP contribution in [0.2, 0.25) is 0 Å². The van der Waals surface area contributed by atoms with Crippen LogP contribution in [0.5, 0.6) is 0 Å². The molecule has 2 unspecified atom stereocenters. The first-order valence-electron chi connectivity index (χ1n) is 5.36. The molecule has 0 saturated heterocycles. The summed E-state index contributed by atoms with van der Waals surface area (Å²) in [6.07, 6.45) is -1.04. The van der Waals surface area contributed by atoms with Crippen LogP contribution >= 0.6 is 0 Å². The number of aliphatic hydroxyl groups excluding tert-OH is 2. The van der Waals surface area contributed by atoms with Gasteiger partial charge < -0.3 is 15.9 Å². The van der Waals surface area contributed by atoms with Gasteiger partial charge in [-0.2, -0.15) is 5.26 Å². The molecule has 0 aliphatic carbocycles. The van der Waals surface area contributed by atoms with Gasteiger partial charge in [0.05, 0.1) is 24.1 Å². The van der Waals surface area contributed by atoms with E-state index in [0.717, 1.165) is 0 Å². The van der Waals surface area contributed by atoms with Crippen LogP contribution in [0.15, 0.2) is 24.5 Å². The van der Waals surface area contributed by atoms with Gasteiger partial charge in [-0.25, -0.2) is 9.97 Å². The minimum Gasteiger partial charge on any atom is -0.389 e. The Morgan fingerprint density at radius 2 is 2.11 bits per heavy atom. The van der Waals surface area contributed by atoms with E-state index in [2.05, 4.69) is 9.97 Å². The molecule has 6 nitrogen and oxygen atoms in total. The second kappa shape index (κ2) is 4.96. The molecule has 1 aromatic carbocycles. The maximum absolute atomic E-state index is 9.89. The van der Waals surface area contributed by atoms with Gasteiger partial charge in [0.1, 0.15) is 18.2 Å². The van der Waals surface area contributed by atoms with Crippen molar-refractivity contribution in [1.82, 2.24) is 9.97 Å². The molecule has 0 aliphatic rings. The Morgan fingerprint density at radius 3 is 2.83 bits per heavy atom. The van der Waals surface area contributed by atoms with Crippen LogP contribution in [0.4, 0.5) is 5.82 Å². The molecule has 0 spiro atoms. The number of nitrogen functional groups attached to an aromatic ring is 1. The standard InChI is InChI=1S/C12H12N4O2/c13-4-3-10(17)11(18)7-1-2-9-8(5-7)12(14)16-6-15-9/h1-2,5-6,10-11,17-18H,3H2,(H2,14,15,16). The molecule has 2 aromatic rings. The fourth-order valence-corrected chi connectivity index (χ4v) is 1.71. The Hall–Kier alpha value is -2.23. The summed E-state index contributed by atoms with van der Waals surface area (Å²) in [6.45, 7) is 0. The topological polar surface area (TPSA) is 116 Å². The van der Waals surface area contributed by atoms with Crippen molar-refractivity contribution < 1.29 is 10.2 Å². The Kier molecular flexibility index (Phi) is 3.37. The molecule has 0 amide bonds. The third-order valence-electron chi connectivity index (χ3n) is 2.70. The number of rotatable bonds is 3. The molecule has 2 atom stereocenters. The highest BCUT2D eigenvalue weighted by Crippen LogP contribution is 2.24. The zero-order valence-electron chi connectivity index (χ0n) is 9.48. The van der Waals surface area contributed by atoms with Crippen LogP contribution < -0.4 is 5.73 Å². The normalized spacial score (nSPS) is 14.1. The Labute approximate surface area is 103 Å². The number of fused-ring (bicyclic) bond motifs is 1. The first-order chi connectivity index (χ1) is 8.63. The number of aromatic nitrogens is 2. The highest BCUT2D eigenvalue weighted by molar-refractivity contribution is 5.88. The lowest BCUT2D eigenvalue weighted by atomic mass is 10.0. The molecule has 6 heteroatoms. The van der Waals surface area contributed by atoms with Crippen LogP contribution in [-0.4, -0.2) is 26.3 Å². The Balaban J connectivity index is 2.41. The van der Waals surface area contributed by atoms with E-state index < -0.39 is 12.2 Å². The van der Waals surface area contributed by atoms with Gasteiger partial charge in [0, 0.05) is 5.39 Å². The zero-order valence-corrected chi connectivity index (χ0v) is 9.48. The zero-order chi connectivity index (χ0) is 13.1. The van der Waals surface area contributed by atoms with Crippen molar-refractivity contribution in [2.45, 2.75) is 18.6 Å². The molecule has 4 N–H and O–H groups in total. The third-order valence-corrected chi connectivity index (χ3v) is 2.70. The van der Waals surface area contributed by atoms with E-state index in [0.29, 0.717) is 22.3 Å². The van der Waals surface area contributed by atoms with Crippen LogP contribution in [0.25, 0.3) is 10.9 Å². The van der Waals surface area contributed by atoms with E-state index in [9.17, 15) is 10.2 Å². The van der Waals surface area contributed by atoms with E-state index in [-0.39, 0.29) is 6.42 Å². The van der Waals surface area contributed by atoms with E-state index in [1.807, 2.05) is 6.07 Å².